The van der Waals surface area contributed by atoms with E-state index >= 15 is 0 Å². The van der Waals surface area contributed by atoms with Crippen LogP contribution in [-0.4, -0.2) is 34.5 Å². The summed E-state index contributed by atoms with van der Waals surface area (Å²) in [5.41, 5.74) is -0.553. The van der Waals surface area contributed by atoms with Crippen molar-refractivity contribution in [3.63, 3.8) is 0 Å². The fraction of sp³-hybridized carbons (Fsp3) is 0.778. The third kappa shape index (κ3) is 3.12. The van der Waals surface area contributed by atoms with E-state index in [2.05, 4.69) is 13.8 Å². The number of carbonyl (C=O) groups excluding carboxylic acids is 1. The van der Waals surface area contributed by atoms with Crippen molar-refractivity contribution < 1.29 is 24.2 Å². The lowest BCUT2D eigenvalue weighted by Crippen LogP contribution is -2.67. The molecule has 4 aliphatic rings. The summed E-state index contributed by atoms with van der Waals surface area (Å²) in [6, 6.07) is 3.47. The summed E-state index contributed by atoms with van der Waals surface area (Å²) >= 11 is 0. The highest BCUT2D eigenvalue weighted by Gasteiger charge is 2.69. The van der Waals surface area contributed by atoms with E-state index in [0.29, 0.717) is 37.5 Å². The lowest BCUT2D eigenvalue weighted by Gasteiger charge is -2.67. The summed E-state index contributed by atoms with van der Waals surface area (Å²) < 4.78 is 10.7. The third-order valence-corrected chi connectivity index (χ3v) is 11.0. The molecule has 4 fully saturated rings. The van der Waals surface area contributed by atoms with E-state index in [0.717, 1.165) is 37.7 Å². The molecule has 0 amide bonds. The maximum absolute atomic E-state index is 11.9. The number of ether oxygens (including phenoxy) is 1. The van der Waals surface area contributed by atoms with Gasteiger partial charge in [0.2, 0.25) is 0 Å². The highest BCUT2D eigenvalue weighted by molar-refractivity contribution is 5.66. The molecule has 1 heterocycles. The van der Waals surface area contributed by atoms with Crippen LogP contribution < -0.4 is 5.63 Å². The molecule has 2 unspecified atom stereocenters. The van der Waals surface area contributed by atoms with Gasteiger partial charge in [-0.1, -0.05) is 13.8 Å². The van der Waals surface area contributed by atoms with Crippen LogP contribution in [0.25, 0.3) is 0 Å². The largest absolute Gasteiger partial charge is 0.462 e. The lowest BCUT2D eigenvalue weighted by atomic mass is 9.39. The summed E-state index contributed by atoms with van der Waals surface area (Å²) in [7, 11) is 0. The molecule has 4 saturated carbocycles. The van der Waals surface area contributed by atoms with E-state index in [4.69, 9.17) is 9.15 Å². The first-order chi connectivity index (χ1) is 15.6. The Labute approximate surface area is 195 Å². The van der Waals surface area contributed by atoms with E-state index in [1.165, 1.54) is 13.0 Å². The van der Waals surface area contributed by atoms with Crippen molar-refractivity contribution >= 4 is 5.97 Å². The summed E-state index contributed by atoms with van der Waals surface area (Å²) in [4.78, 5) is 23.1. The monoisotopic (exact) mass is 458 g/mol. The van der Waals surface area contributed by atoms with Gasteiger partial charge in [-0.3, -0.25) is 4.79 Å². The van der Waals surface area contributed by atoms with E-state index in [-0.39, 0.29) is 41.1 Å². The Bertz CT molecular complexity index is 967. The van der Waals surface area contributed by atoms with Gasteiger partial charge in [0, 0.05) is 24.8 Å². The molecule has 0 bridgehead atoms. The minimum atomic E-state index is -0.994. The van der Waals surface area contributed by atoms with Crippen LogP contribution in [0.5, 0.6) is 0 Å². The molecule has 0 aromatic carbocycles. The molecule has 182 valence electrons. The number of fused-ring (bicyclic) bond motifs is 5. The molecule has 0 spiro atoms. The summed E-state index contributed by atoms with van der Waals surface area (Å²) in [5.74, 6) is 0.724. The topological polar surface area (TPSA) is 97.0 Å². The SMILES string of the molecule is CC(=O)O[C@H]1CC[C@]2(CO)C3CC[C@]4(C)[C@@H](c5ccc(=O)oc5)CC[C@]4(C)[C@@H]3CCC2(O)C1. The quantitative estimate of drug-likeness (QED) is 0.660. The van der Waals surface area contributed by atoms with Crippen LogP contribution in [0.2, 0.25) is 0 Å². The van der Waals surface area contributed by atoms with Crippen LogP contribution in [0.15, 0.2) is 27.6 Å². The normalized spacial score (nSPS) is 46.7. The number of hydrogen-bond donors (Lipinski definition) is 2. The first-order valence-electron chi connectivity index (χ1n) is 12.7. The average Bonchev–Trinajstić information content (AvgIpc) is 3.04. The lowest BCUT2D eigenvalue weighted by molar-refractivity contribution is -0.253. The van der Waals surface area contributed by atoms with Crippen LogP contribution in [0, 0.1) is 28.1 Å². The van der Waals surface area contributed by atoms with Gasteiger partial charge in [-0.15, -0.1) is 0 Å². The fourth-order valence-electron chi connectivity index (χ4n) is 9.19. The van der Waals surface area contributed by atoms with Gasteiger partial charge in [-0.25, -0.2) is 4.79 Å². The van der Waals surface area contributed by atoms with Gasteiger partial charge in [0.15, 0.2) is 0 Å². The highest BCUT2D eigenvalue weighted by Crippen LogP contribution is 2.74. The Morgan fingerprint density at radius 1 is 1.06 bits per heavy atom. The predicted molar refractivity (Wildman–Crippen MR) is 122 cm³/mol. The highest BCUT2D eigenvalue weighted by atomic mass is 16.5. The molecular formula is C27H38O6. The molecule has 1 aromatic heterocycles. The summed E-state index contributed by atoms with van der Waals surface area (Å²) in [6.45, 7) is 6.25. The third-order valence-electron chi connectivity index (χ3n) is 11.0. The van der Waals surface area contributed by atoms with Gasteiger partial charge < -0.3 is 19.4 Å². The zero-order valence-electron chi connectivity index (χ0n) is 20.1. The van der Waals surface area contributed by atoms with Gasteiger partial charge in [0.05, 0.1) is 18.5 Å². The van der Waals surface area contributed by atoms with Crippen molar-refractivity contribution in [2.75, 3.05) is 6.61 Å². The predicted octanol–water partition coefficient (Wildman–Crippen LogP) is 4.18. The van der Waals surface area contributed by atoms with Crippen LogP contribution >= 0.6 is 0 Å². The minimum absolute atomic E-state index is 0.0163. The van der Waals surface area contributed by atoms with Crippen LogP contribution in [0.4, 0.5) is 0 Å². The molecule has 1 aromatic rings. The van der Waals surface area contributed by atoms with Crippen molar-refractivity contribution in [1.29, 1.82) is 0 Å². The molecule has 6 nitrogen and oxygen atoms in total. The summed E-state index contributed by atoms with van der Waals surface area (Å²) in [5, 5.41) is 22.7. The number of esters is 1. The van der Waals surface area contributed by atoms with Crippen LogP contribution in [0.1, 0.15) is 90.0 Å². The number of rotatable bonds is 3. The van der Waals surface area contributed by atoms with Gasteiger partial charge >= 0.3 is 11.6 Å². The molecule has 4 aliphatic carbocycles. The van der Waals surface area contributed by atoms with Crippen LogP contribution in [-0.2, 0) is 9.53 Å². The molecule has 0 radical (unpaired) electrons. The Kier molecular flexibility index (Phi) is 5.37. The second-order valence-corrected chi connectivity index (χ2v) is 11.9. The Morgan fingerprint density at radius 3 is 2.45 bits per heavy atom. The van der Waals surface area contributed by atoms with Gasteiger partial charge in [0.1, 0.15) is 6.10 Å². The van der Waals surface area contributed by atoms with Crippen molar-refractivity contribution in [1.82, 2.24) is 0 Å². The van der Waals surface area contributed by atoms with Gasteiger partial charge in [-0.2, -0.15) is 0 Å². The maximum Gasteiger partial charge on any atom is 0.335 e. The first kappa shape index (κ1) is 23.1. The van der Waals surface area contributed by atoms with E-state index in [1.807, 2.05) is 6.07 Å². The Hall–Kier alpha value is -1.66. The average molecular weight is 459 g/mol. The number of carbonyl (C=O) groups is 1. The van der Waals surface area contributed by atoms with Gasteiger partial charge in [0.25, 0.3) is 0 Å². The van der Waals surface area contributed by atoms with Crippen molar-refractivity contribution in [3.05, 3.63) is 34.4 Å². The number of aliphatic hydroxyl groups is 2. The molecule has 5 rings (SSSR count). The second kappa shape index (κ2) is 7.67. The Morgan fingerprint density at radius 2 is 1.79 bits per heavy atom. The molecule has 2 N–H and O–H groups in total. The first-order valence-corrected chi connectivity index (χ1v) is 12.7. The van der Waals surface area contributed by atoms with Gasteiger partial charge in [-0.05, 0) is 91.6 Å². The molecule has 6 heteroatoms. The zero-order chi connectivity index (χ0) is 23.6. The number of hydrogen-bond acceptors (Lipinski definition) is 6. The Balaban J connectivity index is 1.47. The number of aliphatic hydroxyl groups excluding tert-OH is 1. The fourth-order valence-corrected chi connectivity index (χ4v) is 9.19. The smallest absolute Gasteiger partial charge is 0.335 e. The van der Waals surface area contributed by atoms with Crippen molar-refractivity contribution in [2.24, 2.45) is 28.1 Å². The van der Waals surface area contributed by atoms with E-state index < -0.39 is 11.0 Å². The second-order valence-electron chi connectivity index (χ2n) is 11.9. The maximum atomic E-state index is 11.9. The standard InChI is InChI=1S/C27H38O6/c1-17(29)33-19-6-12-26(16-28)22-8-11-24(2)20(18-4-5-23(30)32-15-18)7-10-25(24,3)21(22)9-13-27(26,31)14-19/h4-5,15,19-22,28,31H,6-14,16H2,1-3H3/t19-,20+,21+,22?,24+,25+,26-,27?/m0/s1. The minimum Gasteiger partial charge on any atom is -0.462 e. The zero-order valence-corrected chi connectivity index (χ0v) is 20.1. The van der Waals surface area contributed by atoms with E-state index in [9.17, 15) is 19.8 Å². The summed E-state index contributed by atoms with van der Waals surface area (Å²) in [6.07, 6.45) is 8.95. The molecule has 8 atom stereocenters. The van der Waals surface area contributed by atoms with Crippen LogP contribution in [0.3, 0.4) is 0 Å². The molecule has 33 heavy (non-hydrogen) atoms. The molecule has 0 saturated heterocycles. The molecule has 0 aliphatic heterocycles. The van der Waals surface area contributed by atoms with Crippen molar-refractivity contribution in [2.45, 2.75) is 96.2 Å². The molecular weight excluding hydrogens is 420 g/mol. The van der Waals surface area contributed by atoms with Crippen molar-refractivity contribution in [3.8, 4) is 0 Å². The van der Waals surface area contributed by atoms with E-state index in [1.54, 1.807) is 6.26 Å².